The Labute approximate surface area is 118 Å². The van der Waals surface area contributed by atoms with Gasteiger partial charge in [-0.25, -0.2) is 9.48 Å². The van der Waals surface area contributed by atoms with Gasteiger partial charge in [0.05, 0.1) is 6.54 Å². The van der Waals surface area contributed by atoms with Crippen LogP contribution in [0.25, 0.3) is 0 Å². The van der Waals surface area contributed by atoms with E-state index in [1.807, 2.05) is 4.90 Å². The van der Waals surface area contributed by atoms with Gasteiger partial charge in [0.15, 0.2) is 0 Å². The molecule has 1 saturated heterocycles. The van der Waals surface area contributed by atoms with Crippen molar-refractivity contribution in [2.75, 3.05) is 26.7 Å². The zero-order valence-electron chi connectivity index (χ0n) is 12.7. The fourth-order valence-corrected chi connectivity index (χ4v) is 2.77. The predicted octanol–water partition coefficient (Wildman–Crippen LogP) is -0.475. The van der Waals surface area contributed by atoms with Gasteiger partial charge >= 0.3 is 5.69 Å². The number of aryl methyl sites for hydroxylation is 2. The number of nitrogens with zero attached hydrogens (tertiary/aromatic N) is 5. The number of piperazine rings is 1. The molecule has 1 aliphatic rings. The molecule has 1 aromatic rings. The third kappa shape index (κ3) is 2.92. The van der Waals surface area contributed by atoms with Gasteiger partial charge in [0, 0.05) is 38.6 Å². The lowest BCUT2D eigenvalue weighted by Gasteiger charge is -2.46. The summed E-state index contributed by atoms with van der Waals surface area (Å²) in [5, 5.41) is 3.97. The van der Waals surface area contributed by atoms with Crippen LogP contribution in [0.2, 0.25) is 0 Å². The van der Waals surface area contributed by atoms with Crippen LogP contribution in [0.3, 0.4) is 0 Å². The van der Waals surface area contributed by atoms with Crippen LogP contribution in [0.4, 0.5) is 0 Å². The maximum absolute atomic E-state index is 12.4. The molecule has 0 N–H and O–H groups in total. The number of rotatable bonds is 3. The van der Waals surface area contributed by atoms with Crippen LogP contribution in [0, 0.1) is 0 Å². The highest BCUT2D eigenvalue weighted by molar-refractivity contribution is 5.77. The lowest BCUT2D eigenvalue weighted by atomic mass is 9.98. The van der Waals surface area contributed by atoms with Crippen LogP contribution >= 0.6 is 0 Å². The zero-order valence-corrected chi connectivity index (χ0v) is 12.7. The second-order valence-corrected chi connectivity index (χ2v) is 6.09. The van der Waals surface area contributed by atoms with Crippen molar-refractivity contribution < 1.29 is 4.79 Å². The lowest BCUT2D eigenvalue weighted by molar-refractivity contribution is -0.140. The smallest absolute Gasteiger partial charge is 0.335 e. The second kappa shape index (κ2) is 5.40. The van der Waals surface area contributed by atoms with Gasteiger partial charge in [-0.05, 0) is 20.9 Å². The molecule has 7 nitrogen and oxygen atoms in total. The maximum atomic E-state index is 12.4. The van der Waals surface area contributed by atoms with E-state index in [-0.39, 0.29) is 17.1 Å². The average molecular weight is 281 g/mol. The molecule has 1 amide bonds. The van der Waals surface area contributed by atoms with E-state index in [2.05, 4.69) is 30.9 Å². The Balaban J connectivity index is 1.98. The molecule has 0 bridgehead atoms. The van der Waals surface area contributed by atoms with Crippen molar-refractivity contribution >= 4 is 5.91 Å². The van der Waals surface area contributed by atoms with Gasteiger partial charge in [0.2, 0.25) is 5.91 Å². The Kier molecular flexibility index (Phi) is 3.99. The first kappa shape index (κ1) is 14.8. The summed E-state index contributed by atoms with van der Waals surface area (Å²) < 4.78 is 2.74. The third-order valence-corrected chi connectivity index (χ3v) is 3.82. The minimum atomic E-state index is -0.185. The fourth-order valence-electron chi connectivity index (χ4n) is 2.77. The minimum Gasteiger partial charge on any atom is -0.335 e. The van der Waals surface area contributed by atoms with E-state index < -0.39 is 0 Å². The quantitative estimate of drug-likeness (QED) is 0.751. The van der Waals surface area contributed by atoms with Crippen molar-refractivity contribution in [3.8, 4) is 0 Å². The van der Waals surface area contributed by atoms with Crippen molar-refractivity contribution in [2.24, 2.45) is 7.05 Å². The number of hydrogen-bond acceptors (Lipinski definition) is 4. The molecule has 0 aromatic carbocycles. The van der Waals surface area contributed by atoms with Crippen molar-refractivity contribution in [3.05, 3.63) is 16.8 Å². The average Bonchev–Trinajstić information content (AvgIpc) is 2.66. The summed E-state index contributed by atoms with van der Waals surface area (Å²) in [4.78, 5) is 28.2. The van der Waals surface area contributed by atoms with E-state index in [1.165, 1.54) is 15.6 Å². The van der Waals surface area contributed by atoms with E-state index in [4.69, 9.17) is 0 Å². The van der Waals surface area contributed by atoms with Gasteiger partial charge in [-0.2, -0.15) is 5.10 Å². The molecule has 2 rings (SSSR count). The summed E-state index contributed by atoms with van der Waals surface area (Å²) in [6.45, 7) is 6.97. The van der Waals surface area contributed by atoms with Gasteiger partial charge < -0.3 is 9.80 Å². The Hall–Kier alpha value is -1.63. The van der Waals surface area contributed by atoms with Crippen LogP contribution < -0.4 is 5.69 Å². The molecule has 0 unspecified atom stereocenters. The normalized spacial score (nSPS) is 19.3. The van der Waals surface area contributed by atoms with Crippen LogP contribution in [-0.2, 0) is 18.4 Å². The Morgan fingerprint density at radius 1 is 1.35 bits per heavy atom. The van der Waals surface area contributed by atoms with Crippen LogP contribution in [0.1, 0.15) is 20.3 Å². The number of hydrogen-bond donors (Lipinski definition) is 0. The highest BCUT2D eigenvalue weighted by Gasteiger charge is 2.35. The summed E-state index contributed by atoms with van der Waals surface area (Å²) >= 11 is 0. The molecule has 7 heteroatoms. The summed E-state index contributed by atoms with van der Waals surface area (Å²) in [6, 6.07) is 0. The van der Waals surface area contributed by atoms with Gasteiger partial charge in [0.25, 0.3) is 0 Å². The highest BCUT2D eigenvalue weighted by atomic mass is 16.2. The monoisotopic (exact) mass is 281 g/mol. The predicted molar refractivity (Wildman–Crippen MR) is 75.4 cm³/mol. The van der Waals surface area contributed by atoms with E-state index in [0.29, 0.717) is 13.0 Å². The Morgan fingerprint density at radius 3 is 2.60 bits per heavy atom. The first-order chi connectivity index (χ1) is 9.31. The fraction of sp³-hybridized carbons (Fsp3) is 0.769. The molecule has 0 aliphatic carbocycles. The molecular weight excluding hydrogens is 258 g/mol. The topological polar surface area (TPSA) is 63.4 Å². The molecule has 2 heterocycles. The van der Waals surface area contributed by atoms with E-state index in [0.717, 1.165) is 19.6 Å². The van der Waals surface area contributed by atoms with Crippen LogP contribution in [0.5, 0.6) is 0 Å². The van der Waals surface area contributed by atoms with Crippen LogP contribution in [0.15, 0.2) is 11.1 Å². The molecule has 1 aromatic heterocycles. The Morgan fingerprint density at radius 2 is 2.05 bits per heavy atom. The van der Waals surface area contributed by atoms with Gasteiger partial charge in [0.1, 0.15) is 6.33 Å². The zero-order chi connectivity index (χ0) is 14.9. The van der Waals surface area contributed by atoms with E-state index in [1.54, 1.807) is 7.05 Å². The first-order valence-electron chi connectivity index (χ1n) is 6.89. The lowest BCUT2D eigenvalue weighted by Crippen LogP contribution is -2.60. The summed E-state index contributed by atoms with van der Waals surface area (Å²) in [7, 11) is 3.72. The van der Waals surface area contributed by atoms with Gasteiger partial charge in [-0.3, -0.25) is 9.36 Å². The molecule has 0 atom stereocenters. The number of aromatic nitrogens is 3. The van der Waals surface area contributed by atoms with Crippen LogP contribution in [-0.4, -0.2) is 62.3 Å². The Bertz CT molecular complexity index is 545. The third-order valence-electron chi connectivity index (χ3n) is 3.82. The number of carbonyl (C=O) groups excluding carboxylic acids is 1. The number of likely N-dealkylation sites (N-methyl/N-ethyl adjacent to an activating group) is 1. The van der Waals surface area contributed by atoms with Crippen molar-refractivity contribution in [1.82, 2.24) is 24.1 Å². The summed E-state index contributed by atoms with van der Waals surface area (Å²) in [6.07, 6.45) is 1.77. The molecule has 20 heavy (non-hydrogen) atoms. The molecule has 0 saturated carbocycles. The molecule has 0 radical (unpaired) electrons. The largest absolute Gasteiger partial charge is 0.345 e. The molecule has 1 aliphatic heterocycles. The van der Waals surface area contributed by atoms with Gasteiger partial charge in [-0.1, -0.05) is 0 Å². The molecule has 0 spiro atoms. The SMILES string of the molecule is CN1CCN(C(=O)CCn2ncn(C)c2=O)C(C)(C)C1. The minimum absolute atomic E-state index is 0.0839. The second-order valence-electron chi connectivity index (χ2n) is 6.09. The van der Waals surface area contributed by atoms with Crippen molar-refractivity contribution in [3.63, 3.8) is 0 Å². The van der Waals surface area contributed by atoms with E-state index in [9.17, 15) is 9.59 Å². The molecule has 1 fully saturated rings. The summed E-state index contributed by atoms with van der Waals surface area (Å²) in [5.41, 5.74) is -0.352. The molecule has 112 valence electrons. The van der Waals surface area contributed by atoms with Crippen molar-refractivity contribution in [1.29, 1.82) is 0 Å². The first-order valence-corrected chi connectivity index (χ1v) is 6.89. The van der Waals surface area contributed by atoms with Crippen molar-refractivity contribution in [2.45, 2.75) is 32.4 Å². The highest BCUT2D eigenvalue weighted by Crippen LogP contribution is 2.20. The van der Waals surface area contributed by atoms with E-state index >= 15 is 0 Å². The molecular formula is C13H23N5O2. The standard InChI is InChI=1S/C13H23N5O2/c1-13(2)9-15(3)7-8-17(13)11(19)5-6-18-12(20)16(4)10-14-18/h10H,5-9H2,1-4H3. The number of amides is 1. The summed E-state index contributed by atoms with van der Waals surface area (Å²) in [5.74, 6) is 0.0839. The number of carbonyl (C=O) groups is 1. The van der Waals surface area contributed by atoms with Gasteiger partial charge in [-0.15, -0.1) is 0 Å². The maximum Gasteiger partial charge on any atom is 0.345 e.